The van der Waals surface area contributed by atoms with Crippen molar-refractivity contribution in [2.24, 2.45) is 0 Å². The molecule has 0 spiro atoms. The van der Waals surface area contributed by atoms with Crippen molar-refractivity contribution in [2.45, 2.75) is 25.6 Å². The third kappa shape index (κ3) is 2.57. The first kappa shape index (κ1) is 13.8. The van der Waals surface area contributed by atoms with Crippen LogP contribution in [-0.4, -0.2) is 42.9 Å². The summed E-state index contributed by atoms with van der Waals surface area (Å²) in [4.78, 5) is 15.2. The summed E-state index contributed by atoms with van der Waals surface area (Å²) in [6.45, 7) is 2.50. The van der Waals surface area contributed by atoms with Crippen molar-refractivity contribution in [3.63, 3.8) is 0 Å². The lowest BCUT2D eigenvalue weighted by molar-refractivity contribution is -0.125. The Morgan fingerprint density at radius 2 is 2.16 bits per heavy atom. The van der Waals surface area contributed by atoms with E-state index in [1.54, 1.807) is 20.0 Å². The number of amides is 1. The summed E-state index contributed by atoms with van der Waals surface area (Å²) in [6.07, 6.45) is -0.690. The molecule has 1 aliphatic rings. The van der Waals surface area contributed by atoms with Crippen molar-refractivity contribution in [2.75, 3.05) is 30.4 Å². The van der Waals surface area contributed by atoms with Gasteiger partial charge in [0.25, 0.3) is 5.91 Å². The summed E-state index contributed by atoms with van der Waals surface area (Å²) < 4.78 is 0. The maximum atomic E-state index is 11.7. The molecule has 2 unspecified atom stereocenters. The molecule has 19 heavy (non-hydrogen) atoms. The molecule has 0 aromatic heterocycles. The molecule has 0 radical (unpaired) electrons. The van der Waals surface area contributed by atoms with Gasteiger partial charge in [-0.25, -0.2) is 0 Å². The molecule has 0 bridgehead atoms. The number of hydrogen-bond acceptors (Lipinski definition) is 4. The van der Waals surface area contributed by atoms with Gasteiger partial charge in [0.1, 0.15) is 0 Å². The summed E-state index contributed by atoms with van der Waals surface area (Å²) in [6, 6.07) is 5.57. The standard InChI is InChI=1S/C14H20N2O3/c1-9(17)6-7-15(2)10-4-5-11-12(8-10)16(3)14(19)13(11)18/h4-5,8-9,13,17-18H,6-7H2,1-3H3. The fourth-order valence-corrected chi connectivity index (χ4v) is 2.24. The van der Waals surface area contributed by atoms with Crippen LogP contribution in [0.4, 0.5) is 11.4 Å². The van der Waals surface area contributed by atoms with Crippen molar-refractivity contribution in [3.8, 4) is 0 Å². The molecule has 104 valence electrons. The Morgan fingerprint density at radius 3 is 2.79 bits per heavy atom. The molecule has 1 heterocycles. The first-order valence-electron chi connectivity index (χ1n) is 6.40. The van der Waals surface area contributed by atoms with Crippen LogP contribution in [0, 0.1) is 0 Å². The molecular formula is C14H20N2O3. The number of carbonyl (C=O) groups is 1. The van der Waals surface area contributed by atoms with E-state index in [2.05, 4.69) is 0 Å². The Morgan fingerprint density at radius 1 is 1.47 bits per heavy atom. The first-order chi connectivity index (χ1) is 8.91. The molecular weight excluding hydrogens is 244 g/mol. The topological polar surface area (TPSA) is 64.0 Å². The molecule has 0 aliphatic carbocycles. The number of benzene rings is 1. The van der Waals surface area contributed by atoms with Gasteiger partial charge in [0.2, 0.25) is 0 Å². The Labute approximate surface area is 113 Å². The van der Waals surface area contributed by atoms with Crippen LogP contribution in [0.25, 0.3) is 0 Å². The molecule has 1 aromatic rings. The Balaban J connectivity index is 2.20. The van der Waals surface area contributed by atoms with Crippen molar-refractivity contribution < 1.29 is 15.0 Å². The van der Waals surface area contributed by atoms with Crippen LogP contribution >= 0.6 is 0 Å². The van der Waals surface area contributed by atoms with Gasteiger partial charge in [0, 0.05) is 31.9 Å². The van der Waals surface area contributed by atoms with Gasteiger partial charge in [-0.15, -0.1) is 0 Å². The number of rotatable bonds is 4. The summed E-state index contributed by atoms with van der Waals surface area (Å²) in [7, 11) is 3.61. The second kappa shape index (κ2) is 5.19. The quantitative estimate of drug-likeness (QED) is 0.848. The maximum absolute atomic E-state index is 11.7. The average Bonchev–Trinajstić information content (AvgIpc) is 2.61. The van der Waals surface area contributed by atoms with Gasteiger partial charge in [-0.05, 0) is 25.5 Å². The normalized spacial score (nSPS) is 19.5. The van der Waals surface area contributed by atoms with E-state index in [1.165, 1.54) is 4.90 Å². The van der Waals surface area contributed by atoms with Crippen LogP contribution < -0.4 is 9.80 Å². The Hall–Kier alpha value is -1.59. The minimum Gasteiger partial charge on any atom is -0.393 e. The van der Waals surface area contributed by atoms with Crippen LogP contribution in [0.3, 0.4) is 0 Å². The van der Waals surface area contributed by atoms with Crippen LogP contribution in [-0.2, 0) is 4.79 Å². The largest absolute Gasteiger partial charge is 0.393 e. The predicted octanol–water partition coefficient (Wildman–Crippen LogP) is 0.903. The smallest absolute Gasteiger partial charge is 0.260 e. The molecule has 0 saturated carbocycles. The fraction of sp³-hybridized carbons (Fsp3) is 0.500. The molecule has 5 nitrogen and oxygen atoms in total. The van der Waals surface area contributed by atoms with Gasteiger partial charge in [0.15, 0.2) is 6.10 Å². The molecule has 0 saturated heterocycles. The minimum absolute atomic E-state index is 0.293. The third-order valence-corrected chi connectivity index (χ3v) is 3.56. The lowest BCUT2D eigenvalue weighted by Gasteiger charge is -2.21. The minimum atomic E-state index is -1.04. The number of aliphatic hydroxyl groups excluding tert-OH is 2. The van der Waals surface area contributed by atoms with E-state index < -0.39 is 6.10 Å². The number of hydrogen-bond donors (Lipinski definition) is 2. The number of nitrogens with zero attached hydrogens (tertiary/aromatic N) is 2. The van der Waals surface area contributed by atoms with E-state index >= 15 is 0 Å². The number of anilines is 2. The summed E-state index contributed by atoms with van der Waals surface area (Å²) >= 11 is 0. The summed E-state index contributed by atoms with van der Waals surface area (Å²) in [5.74, 6) is -0.293. The second-order valence-corrected chi connectivity index (χ2v) is 5.10. The zero-order chi connectivity index (χ0) is 14.2. The van der Waals surface area contributed by atoms with Crippen molar-refractivity contribution in [1.29, 1.82) is 0 Å². The summed E-state index contributed by atoms with van der Waals surface area (Å²) in [5, 5.41) is 19.1. The molecule has 1 aromatic carbocycles. The van der Waals surface area contributed by atoms with E-state index in [1.807, 2.05) is 24.1 Å². The SMILES string of the molecule is CC(O)CCN(C)c1ccc2c(c1)N(C)C(=O)C2O. The van der Waals surface area contributed by atoms with Gasteiger partial charge >= 0.3 is 0 Å². The van der Waals surface area contributed by atoms with Gasteiger partial charge in [0.05, 0.1) is 11.8 Å². The number of aliphatic hydroxyl groups is 2. The fourth-order valence-electron chi connectivity index (χ4n) is 2.24. The summed E-state index contributed by atoms with van der Waals surface area (Å²) in [5.41, 5.74) is 2.37. The van der Waals surface area contributed by atoms with Gasteiger partial charge < -0.3 is 20.0 Å². The van der Waals surface area contributed by atoms with E-state index in [0.29, 0.717) is 12.0 Å². The highest BCUT2D eigenvalue weighted by Gasteiger charge is 2.33. The van der Waals surface area contributed by atoms with Gasteiger partial charge in [-0.1, -0.05) is 6.07 Å². The van der Waals surface area contributed by atoms with E-state index in [-0.39, 0.29) is 12.0 Å². The third-order valence-electron chi connectivity index (χ3n) is 3.56. The van der Waals surface area contributed by atoms with Crippen molar-refractivity contribution in [3.05, 3.63) is 23.8 Å². The molecule has 5 heteroatoms. The number of likely N-dealkylation sites (N-methyl/N-ethyl adjacent to an activating group) is 1. The van der Waals surface area contributed by atoms with E-state index in [9.17, 15) is 15.0 Å². The lowest BCUT2D eigenvalue weighted by Crippen LogP contribution is -2.24. The van der Waals surface area contributed by atoms with E-state index in [4.69, 9.17) is 0 Å². The Kier molecular flexibility index (Phi) is 3.78. The highest BCUT2D eigenvalue weighted by atomic mass is 16.3. The second-order valence-electron chi connectivity index (χ2n) is 5.10. The zero-order valence-electron chi connectivity index (χ0n) is 11.5. The van der Waals surface area contributed by atoms with Gasteiger partial charge in [-0.3, -0.25) is 4.79 Å². The molecule has 2 atom stereocenters. The Bertz CT molecular complexity index is 488. The average molecular weight is 264 g/mol. The van der Waals surface area contributed by atoms with E-state index in [0.717, 1.165) is 17.9 Å². The van der Waals surface area contributed by atoms with Crippen molar-refractivity contribution >= 4 is 17.3 Å². The number of fused-ring (bicyclic) bond motifs is 1. The van der Waals surface area contributed by atoms with Gasteiger partial charge in [-0.2, -0.15) is 0 Å². The van der Waals surface area contributed by atoms with Crippen LogP contribution in [0.15, 0.2) is 18.2 Å². The van der Waals surface area contributed by atoms with Crippen molar-refractivity contribution in [1.82, 2.24) is 0 Å². The molecule has 1 aliphatic heterocycles. The molecule has 0 fully saturated rings. The lowest BCUT2D eigenvalue weighted by atomic mass is 10.1. The first-order valence-corrected chi connectivity index (χ1v) is 6.40. The highest BCUT2D eigenvalue weighted by molar-refractivity contribution is 6.03. The zero-order valence-corrected chi connectivity index (χ0v) is 11.5. The van der Waals surface area contributed by atoms with Crippen LogP contribution in [0.5, 0.6) is 0 Å². The molecule has 2 N–H and O–H groups in total. The maximum Gasteiger partial charge on any atom is 0.260 e. The number of carbonyl (C=O) groups excluding carboxylic acids is 1. The highest BCUT2D eigenvalue weighted by Crippen LogP contribution is 2.37. The van der Waals surface area contributed by atoms with Crippen LogP contribution in [0.2, 0.25) is 0 Å². The molecule has 1 amide bonds. The monoisotopic (exact) mass is 264 g/mol. The molecule has 2 rings (SSSR count). The van der Waals surface area contributed by atoms with Crippen LogP contribution in [0.1, 0.15) is 25.0 Å². The predicted molar refractivity (Wildman–Crippen MR) is 74.4 cm³/mol.